The standard InChI is InChI=1S/C21H20N4O2/c1-25(10-11-26)17-6-4-15(5-7-17)19-18(14-24)20(16(12-22)13-23)27-21(19)8-2-3-9-21/h4-7,26H,2-3,8-11H2,1H3. The molecule has 0 saturated heterocycles. The first-order valence-corrected chi connectivity index (χ1v) is 8.91. The Labute approximate surface area is 158 Å². The number of nitriles is 3. The van der Waals surface area contributed by atoms with Crippen LogP contribution in [0.1, 0.15) is 31.2 Å². The molecule has 3 rings (SSSR count). The third-order valence-corrected chi connectivity index (χ3v) is 5.24. The minimum Gasteiger partial charge on any atom is -0.479 e. The lowest BCUT2D eigenvalue weighted by Crippen LogP contribution is -2.26. The van der Waals surface area contributed by atoms with E-state index in [0.29, 0.717) is 6.54 Å². The van der Waals surface area contributed by atoms with Gasteiger partial charge in [0.15, 0.2) is 11.3 Å². The van der Waals surface area contributed by atoms with E-state index >= 15 is 0 Å². The molecule has 0 bridgehead atoms. The molecule has 6 heteroatoms. The van der Waals surface area contributed by atoms with Gasteiger partial charge in [-0.05, 0) is 43.4 Å². The maximum Gasteiger partial charge on any atom is 0.172 e. The lowest BCUT2D eigenvalue weighted by Gasteiger charge is -2.27. The Kier molecular flexibility index (Phi) is 5.17. The first kappa shape index (κ1) is 18.5. The first-order valence-electron chi connectivity index (χ1n) is 8.91. The molecule has 136 valence electrons. The summed E-state index contributed by atoms with van der Waals surface area (Å²) in [4.78, 5) is 1.94. The van der Waals surface area contributed by atoms with Gasteiger partial charge >= 0.3 is 0 Å². The van der Waals surface area contributed by atoms with Crippen molar-refractivity contribution in [3.8, 4) is 18.2 Å². The van der Waals surface area contributed by atoms with E-state index in [1.807, 2.05) is 48.4 Å². The van der Waals surface area contributed by atoms with Gasteiger partial charge in [0.05, 0.1) is 6.61 Å². The second-order valence-electron chi connectivity index (χ2n) is 6.79. The number of nitrogens with zero attached hydrogens (tertiary/aromatic N) is 4. The zero-order valence-corrected chi connectivity index (χ0v) is 15.2. The van der Waals surface area contributed by atoms with Crippen molar-refractivity contribution in [2.45, 2.75) is 31.3 Å². The lowest BCUT2D eigenvalue weighted by atomic mass is 9.85. The van der Waals surface area contributed by atoms with E-state index in [1.54, 1.807) is 0 Å². The number of allylic oxidation sites excluding steroid dienone is 2. The van der Waals surface area contributed by atoms with Gasteiger partial charge < -0.3 is 14.7 Å². The fraction of sp³-hybridized carbons (Fsp3) is 0.381. The van der Waals surface area contributed by atoms with Gasteiger partial charge in [-0.2, -0.15) is 15.8 Å². The highest BCUT2D eigenvalue weighted by Gasteiger charge is 2.49. The molecule has 1 heterocycles. The number of aliphatic hydroxyl groups excluding tert-OH is 1. The van der Waals surface area contributed by atoms with Crippen LogP contribution in [0.2, 0.25) is 0 Å². The predicted octanol–water partition coefficient (Wildman–Crippen LogP) is 3.04. The highest BCUT2D eigenvalue weighted by molar-refractivity contribution is 5.85. The van der Waals surface area contributed by atoms with E-state index in [-0.39, 0.29) is 23.5 Å². The van der Waals surface area contributed by atoms with Crippen molar-refractivity contribution >= 4 is 11.3 Å². The summed E-state index contributed by atoms with van der Waals surface area (Å²) in [5.41, 5.74) is 2.07. The van der Waals surface area contributed by atoms with Gasteiger partial charge in [-0.1, -0.05) is 12.1 Å². The van der Waals surface area contributed by atoms with Crippen LogP contribution in [0.15, 0.2) is 41.2 Å². The molecule has 0 amide bonds. The molecule has 1 N–H and O–H groups in total. The fourth-order valence-electron chi connectivity index (χ4n) is 3.92. The Morgan fingerprint density at radius 1 is 1.15 bits per heavy atom. The summed E-state index contributed by atoms with van der Waals surface area (Å²) in [6.07, 6.45) is 3.46. The third kappa shape index (κ3) is 3.14. The molecule has 27 heavy (non-hydrogen) atoms. The van der Waals surface area contributed by atoms with Crippen LogP contribution in [0.3, 0.4) is 0 Å². The fourth-order valence-corrected chi connectivity index (χ4v) is 3.92. The van der Waals surface area contributed by atoms with Crippen molar-refractivity contribution in [3.63, 3.8) is 0 Å². The quantitative estimate of drug-likeness (QED) is 0.828. The molecule has 2 aliphatic rings. The SMILES string of the molecule is CN(CCO)c1ccc(C2=C(C#N)C(=C(C#N)C#N)OC23CCCC3)cc1. The largest absolute Gasteiger partial charge is 0.479 e. The summed E-state index contributed by atoms with van der Waals surface area (Å²) in [6, 6.07) is 13.6. The number of hydrogen-bond donors (Lipinski definition) is 1. The van der Waals surface area contributed by atoms with Gasteiger partial charge in [0, 0.05) is 24.9 Å². The Bertz CT molecular complexity index is 901. The number of rotatable bonds is 4. The Hall–Kier alpha value is -3.27. The minimum atomic E-state index is -0.641. The second kappa shape index (κ2) is 7.54. The van der Waals surface area contributed by atoms with Crippen molar-refractivity contribution in [2.75, 3.05) is 25.1 Å². The zero-order chi connectivity index (χ0) is 19.4. The van der Waals surface area contributed by atoms with Crippen LogP contribution in [-0.2, 0) is 4.74 Å². The summed E-state index contributed by atoms with van der Waals surface area (Å²) >= 11 is 0. The minimum absolute atomic E-state index is 0.0676. The summed E-state index contributed by atoms with van der Waals surface area (Å²) in [6.45, 7) is 0.595. The number of hydrogen-bond acceptors (Lipinski definition) is 6. The lowest BCUT2D eigenvalue weighted by molar-refractivity contribution is 0.0804. The topological polar surface area (TPSA) is 104 Å². The van der Waals surface area contributed by atoms with Crippen molar-refractivity contribution in [2.24, 2.45) is 0 Å². The van der Waals surface area contributed by atoms with E-state index in [9.17, 15) is 15.8 Å². The van der Waals surface area contributed by atoms with Crippen LogP contribution in [-0.4, -0.2) is 30.9 Å². The molecule has 0 aromatic heterocycles. The third-order valence-electron chi connectivity index (χ3n) is 5.24. The van der Waals surface area contributed by atoms with Crippen molar-refractivity contribution in [3.05, 3.63) is 46.7 Å². The Balaban J connectivity index is 2.13. The molecule has 1 spiro atoms. The molecule has 0 atom stereocenters. The van der Waals surface area contributed by atoms with Crippen LogP contribution in [0.4, 0.5) is 5.69 Å². The van der Waals surface area contributed by atoms with Crippen LogP contribution >= 0.6 is 0 Å². The molecule has 6 nitrogen and oxygen atoms in total. The molecule has 1 fully saturated rings. The van der Waals surface area contributed by atoms with Gasteiger partial charge in [0.2, 0.25) is 0 Å². The maximum absolute atomic E-state index is 9.79. The average Bonchev–Trinajstić information content (AvgIpc) is 3.28. The van der Waals surface area contributed by atoms with Crippen molar-refractivity contribution < 1.29 is 9.84 Å². The average molecular weight is 360 g/mol. The predicted molar refractivity (Wildman–Crippen MR) is 99.9 cm³/mol. The normalized spacial score (nSPS) is 17.2. The molecule has 1 aromatic carbocycles. The molecular weight excluding hydrogens is 340 g/mol. The summed E-state index contributed by atoms with van der Waals surface area (Å²) < 4.78 is 6.14. The molecule has 1 aromatic rings. The Morgan fingerprint density at radius 3 is 2.30 bits per heavy atom. The monoisotopic (exact) mass is 360 g/mol. The Morgan fingerprint density at radius 2 is 1.78 bits per heavy atom. The number of likely N-dealkylation sites (N-methyl/N-ethyl adjacent to an activating group) is 1. The summed E-state index contributed by atoms with van der Waals surface area (Å²) in [5.74, 6) is 0.112. The number of anilines is 1. The molecule has 0 unspecified atom stereocenters. The highest BCUT2D eigenvalue weighted by atomic mass is 16.5. The van der Waals surface area contributed by atoms with Gasteiger partial charge in [-0.15, -0.1) is 0 Å². The van der Waals surface area contributed by atoms with Crippen LogP contribution in [0, 0.1) is 34.0 Å². The van der Waals surface area contributed by atoms with E-state index in [2.05, 4.69) is 6.07 Å². The van der Waals surface area contributed by atoms with Crippen LogP contribution in [0.25, 0.3) is 5.57 Å². The molecule has 1 saturated carbocycles. The molecular formula is C21H20N4O2. The van der Waals surface area contributed by atoms with Gasteiger partial charge in [-0.25, -0.2) is 0 Å². The van der Waals surface area contributed by atoms with Crippen LogP contribution in [0.5, 0.6) is 0 Å². The molecule has 0 radical (unpaired) electrons. The van der Waals surface area contributed by atoms with E-state index in [0.717, 1.165) is 42.5 Å². The summed E-state index contributed by atoms with van der Waals surface area (Å²) in [7, 11) is 1.90. The zero-order valence-electron chi connectivity index (χ0n) is 15.2. The van der Waals surface area contributed by atoms with Crippen molar-refractivity contribution in [1.82, 2.24) is 0 Å². The van der Waals surface area contributed by atoms with E-state index < -0.39 is 5.60 Å². The number of aliphatic hydroxyl groups is 1. The highest BCUT2D eigenvalue weighted by Crippen LogP contribution is 2.53. The second-order valence-corrected chi connectivity index (χ2v) is 6.79. The van der Waals surface area contributed by atoms with Gasteiger partial charge in [-0.3, -0.25) is 0 Å². The first-order chi connectivity index (χ1) is 13.1. The smallest absolute Gasteiger partial charge is 0.172 e. The maximum atomic E-state index is 9.79. The van der Waals surface area contributed by atoms with E-state index in [4.69, 9.17) is 9.84 Å². The van der Waals surface area contributed by atoms with E-state index in [1.165, 1.54) is 0 Å². The number of benzene rings is 1. The van der Waals surface area contributed by atoms with Crippen LogP contribution < -0.4 is 4.90 Å². The summed E-state index contributed by atoms with van der Waals surface area (Å²) in [5, 5.41) is 37.4. The number of ether oxygens (including phenoxy) is 1. The molecule has 1 aliphatic heterocycles. The van der Waals surface area contributed by atoms with Gasteiger partial charge in [0.1, 0.15) is 29.4 Å². The van der Waals surface area contributed by atoms with Crippen molar-refractivity contribution in [1.29, 1.82) is 15.8 Å². The molecule has 1 aliphatic carbocycles. The van der Waals surface area contributed by atoms with Gasteiger partial charge in [0.25, 0.3) is 0 Å².